The summed E-state index contributed by atoms with van der Waals surface area (Å²) in [5.41, 5.74) is 0.407. The van der Waals surface area contributed by atoms with Crippen LogP contribution in [0.2, 0.25) is 0 Å². The van der Waals surface area contributed by atoms with Crippen LogP contribution in [0.1, 0.15) is 40.0 Å². The predicted octanol–water partition coefficient (Wildman–Crippen LogP) is 2.13. The molecule has 0 heterocycles. The average Bonchev–Trinajstić information content (AvgIpc) is 2.12. The van der Waals surface area contributed by atoms with Gasteiger partial charge in [0.25, 0.3) is 0 Å². The zero-order chi connectivity index (χ0) is 10.3. The van der Waals surface area contributed by atoms with Crippen LogP contribution in [0.5, 0.6) is 0 Å². The van der Waals surface area contributed by atoms with E-state index in [1.807, 2.05) is 0 Å². The van der Waals surface area contributed by atoms with Crippen molar-refractivity contribution in [2.75, 3.05) is 13.6 Å². The molecule has 78 valence electrons. The maximum absolute atomic E-state index is 10.8. The summed E-state index contributed by atoms with van der Waals surface area (Å²) in [7, 11) is 1.63. The molecule has 0 unspecified atom stereocenters. The van der Waals surface area contributed by atoms with Crippen molar-refractivity contribution in [2.45, 2.75) is 40.0 Å². The van der Waals surface area contributed by atoms with E-state index in [1.54, 1.807) is 7.05 Å². The van der Waals surface area contributed by atoms with Gasteiger partial charge in [-0.3, -0.25) is 0 Å². The molecule has 2 N–H and O–H groups in total. The summed E-state index contributed by atoms with van der Waals surface area (Å²) in [4.78, 5) is 10.8. The van der Waals surface area contributed by atoms with Gasteiger partial charge in [-0.1, -0.05) is 27.2 Å². The molecule has 0 spiro atoms. The van der Waals surface area contributed by atoms with Crippen molar-refractivity contribution in [1.29, 1.82) is 0 Å². The number of hydrogen-bond donors (Lipinski definition) is 2. The van der Waals surface area contributed by atoms with E-state index in [0.29, 0.717) is 5.41 Å². The Kier molecular flexibility index (Phi) is 5.51. The average molecular weight is 186 g/mol. The molecule has 3 heteroatoms. The van der Waals surface area contributed by atoms with Crippen molar-refractivity contribution in [2.24, 2.45) is 5.41 Å². The second-order valence-corrected chi connectivity index (χ2v) is 4.13. The highest BCUT2D eigenvalue weighted by atomic mass is 16.2. The van der Waals surface area contributed by atoms with Gasteiger partial charge >= 0.3 is 6.03 Å². The third kappa shape index (κ3) is 6.43. The Morgan fingerprint density at radius 2 is 2.00 bits per heavy atom. The molecule has 13 heavy (non-hydrogen) atoms. The zero-order valence-corrected chi connectivity index (χ0v) is 9.24. The number of carbonyl (C=O) groups excluding carboxylic acids is 1. The number of urea groups is 1. The van der Waals surface area contributed by atoms with E-state index in [-0.39, 0.29) is 6.03 Å². The first-order valence-electron chi connectivity index (χ1n) is 4.97. The molecule has 0 bridgehead atoms. The minimum Gasteiger partial charge on any atom is -0.341 e. The van der Waals surface area contributed by atoms with Gasteiger partial charge in [0, 0.05) is 13.6 Å². The molecule has 0 aliphatic heterocycles. The van der Waals surface area contributed by atoms with Gasteiger partial charge in [0.05, 0.1) is 0 Å². The lowest BCUT2D eigenvalue weighted by Crippen LogP contribution is -2.33. The van der Waals surface area contributed by atoms with E-state index in [4.69, 9.17) is 0 Å². The summed E-state index contributed by atoms with van der Waals surface area (Å²) in [5.74, 6) is 0. The van der Waals surface area contributed by atoms with Crippen molar-refractivity contribution in [3.05, 3.63) is 0 Å². The molecule has 0 fully saturated rings. The summed E-state index contributed by atoms with van der Waals surface area (Å²) in [5, 5.41) is 5.31. The van der Waals surface area contributed by atoms with Crippen molar-refractivity contribution >= 4 is 6.03 Å². The van der Waals surface area contributed by atoms with Gasteiger partial charge in [-0.25, -0.2) is 4.79 Å². The van der Waals surface area contributed by atoms with Crippen molar-refractivity contribution in [3.63, 3.8) is 0 Å². The summed E-state index contributed by atoms with van der Waals surface area (Å²) in [6.45, 7) is 7.48. The number of hydrogen-bond acceptors (Lipinski definition) is 1. The second-order valence-electron chi connectivity index (χ2n) is 4.13. The van der Waals surface area contributed by atoms with E-state index in [2.05, 4.69) is 31.4 Å². The highest BCUT2D eigenvalue weighted by Gasteiger charge is 2.13. The van der Waals surface area contributed by atoms with Gasteiger partial charge in [-0.2, -0.15) is 0 Å². The molecule has 0 aromatic rings. The fourth-order valence-electron chi connectivity index (χ4n) is 1.03. The number of nitrogens with one attached hydrogen (secondary N) is 2. The van der Waals surface area contributed by atoms with Gasteiger partial charge in [-0.15, -0.1) is 0 Å². The lowest BCUT2D eigenvalue weighted by Gasteiger charge is -2.22. The van der Waals surface area contributed by atoms with E-state index < -0.39 is 0 Å². The van der Waals surface area contributed by atoms with Gasteiger partial charge < -0.3 is 10.6 Å². The first kappa shape index (κ1) is 12.3. The Morgan fingerprint density at radius 3 is 2.46 bits per heavy atom. The number of amides is 2. The lowest BCUT2D eigenvalue weighted by atomic mass is 9.85. The predicted molar refractivity (Wildman–Crippen MR) is 55.8 cm³/mol. The maximum atomic E-state index is 10.8. The summed E-state index contributed by atoms with van der Waals surface area (Å²) in [6, 6.07) is -0.0886. The Labute approximate surface area is 81.3 Å². The fraction of sp³-hybridized carbons (Fsp3) is 0.900. The minimum absolute atomic E-state index is 0.0886. The van der Waals surface area contributed by atoms with E-state index >= 15 is 0 Å². The quantitative estimate of drug-likeness (QED) is 0.634. The highest BCUT2D eigenvalue weighted by molar-refractivity contribution is 5.73. The third-order valence-corrected chi connectivity index (χ3v) is 2.50. The van der Waals surface area contributed by atoms with Crippen LogP contribution in [-0.2, 0) is 0 Å². The first-order valence-corrected chi connectivity index (χ1v) is 4.97. The first-order chi connectivity index (χ1) is 6.02. The Balaban J connectivity index is 3.41. The van der Waals surface area contributed by atoms with E-state index in [9.17, 15) is 4.79 Å². The zero-order valence-electron chi connectivity index (χ0n) is 9.24. The summed E-state index contributed by atoms with van der Waals surface area (Å²) >= 11 is 0. The fourth-order valence-corrected chi connectivity index (χ4v) is 1.03. The normalized spacial score (nSPS) is 11.1. The van der Waals surface area contributed by atoms with Gasteiger partial charge in [0.15, 0.2) is 0 Å². The van der Waals surface area contributed by atoms with Gasteiger partial charge in [-0.05, 0) is 18.3 Å². The van der Waals surface area contributed by atoms with Crippen LogP contribution in [0.3, 0.4) is 0 Å². The van der Waals surface area contributed by atoms with Crippen molar-refractivity contribution in [3.8, 4) is 0 Å². The summed E-state index contributed by atoms with van der Waals surface area (Å²) in [6.07, 6.45) is 3.40. The Hall–Kier alpha value is -0.730. The highest BCUT2D eigenvalue weighted by Crippen LogP contribution is 2.25. The molecule has 0 aromatic heterocycles. The molecule has 0 radical (unpaired) electrons. The topological polar surface area (TPSA) is 41.1 Å². The van der Waals surface area contributed by atoms with Crippen LogP contribution in [0.15, 0.2) is 0 Å². The van der Waals surface area contributed by atoms with Crippen LogP contribution >= 0.6 is 0 Å². The van der Waals surface area contributed by atoms with Crippen LogP contribution in [-0.4, -0.2) is 19.6 Å². The number of rotatable bonds is 5. The monoisotopic (exact) mass is 186 g/mol. The number of carbonyl (C=O) groups is 1. The smallest absolute Gasteiger partial charge is 0.314 e. The van der Waals surface area contributed by atoms with E-state index in [0.717, 1.165) is 19.4 Å². The van der Waals surface area contributed by atoms with Crippen molar-refractivity contribution < 1.29 is 4.79 Å². The maximum Gasteiger partial charge on any atom is 0.314 e. The standard InChI is InChI=1S/C10H22N2O/c1-5-10(2,3)7-6-8-12-9(13)11-4/h5-8H2,1-4H3,(H2,11,12,13). The van der Waals surface area contributed by atoms with E-state index in [1.165, 1.54) is 6.42 Å². The van der Waals surface area contributed by atoms with Crippen LogP contribution in [0.25, 0.3) is 0 Å². The van der Waals surface area contributed by atoms with Crippen LogP contribution in [0, 0.1) is 5.41 Å². The molecular formula is C10H22N2O. The Morgan fingerprint density at radius 1 is 1.38 bits per heavy atom. The molecule has 0 aliphatic carbocycles. The van der Waals surface area contributed by atoms with Gasteiger partial charge in [0.2, 0.25) is 0 Å². The molecule has 0 rings (SSSR count). The van der Waals surface area contributed by atoms with Gasteiger partial charge in [0.1, 0.15) is 0 Å². The molecule has 0 aliphatic rings. The molecule has 2 amide bonds. The molecule has 0 saturated carbocycles. The SMILES string of the molecule is CCC(C)(C)CCCNC(=O)NC. The second kappa shape index (κ2) is 5.84. The van der Waals surface area contributed by atoms with Crippen molar-refractivity contribution in [1.82, 2.24) is 10.6 Å². The minimum atomic E-state index is -0.0886. The molecule has 0 atom stereocenters. The largest absolute Gasteiger partial charge is 0.341 e. The molecule has 3 nitrogen and oxygen atoms in total. The van der Waals surface area contributed by atoms with Crippen LogP contribution in [0.4, 0.5) is 4.79 Å². The van der Waals surface area contributed by atoms with Crippen LogP contribution < -0.4 is 10.6 Å². The summed E-state index contributed by atoms with van der Waals surface area (Å²) < 4.78 is 0. The molecule has 0 saturated heterocycles. The Bertz CT molecular complexity index is 155. The molecular weight excluding hydrogens is 164 g/mol. The lowest BCUT2D eigenvalue weighted by molar-refractivity contribution is 0.241. The third-order valence-electron chi connectivity index (χ3n) is 2.50. The molecule has 0 aromatic carbocycles.